The number of benzene rings is 1. The van der Waals surface area contributed by atoms with Crippen molar-refractivity contribution in [3.05, 3.63) is 29.8 Å². The second-order valence-corrected chi connectivity index (χ2v) is 5.06. The number of rotatable bonds is 1. The van der Waals surface area contributed by atoms with Gasteiger partial charge in [-0.15, -0.1) is 0 Å². The monoisotopic (exact) mass is 202 g/mol. The van der Waals surface area contributed by atoms with E-state index in [1.807, 2.05) is 0 Å². The lowest BCUT2D eigenvalue weighted by Gasteiger charge is -2.39. The second-order valence-electron chi connectivity index (χ2n) is 5.06. The molecule has 1 spiro atoms. The first-order chi connectivity index (χ1) is 7.29. The molecular weight excluding hydrogens is 184 g/mol. The third kappa shape index (κ3) is 1.44. The van der Waals surface area contributed by atoms with Gasteiger partial charge in [0, 0.05) is 37.3 Å². The fourth-order valence-corrected chi connectivity index (χ4v) is 2.83. The van der Waals surface area contributed by atoms with Gasteiger partial charge in [-0.2, -0.15) is 0 Å². The van der Waals surface area contributed by atoms with Crippen molar-refractivity contribution in [1.82, 2.24) is 5.32 Å². The molecule has 0 saturated carbocycles. The van der Waals surface area contributed by atoms with Crippen molar-refractivity contribution >= 4 is 5.69 Å². The van der Waals surface area contributed by atoms with Crippen LogP contribution in [-0.2, 0) is 0 Å². The minimum Gasteiger partial charge on any atom is -0.371 e. The van der Waals surface area contributed by atoms with Crippen LogP contribution in [0.25, 0.3) is 0 Å². The Morgan fingerprint density at radius 1 is 1.27 bits per heavy atom. The summed E-state index contributed by atoms with van der Waals surface area (Å²) in [5, 5.41) is 3.40. The molecule has 2 heterocycles. The molecule has 2 fully saturated rings. The van der Waals surface area contributed by atoms with Crippen LogP contribution in [0.1, 0.15) is 12.0 Å². The van der Waals surface area contributed by atoms with Crippen LogP contribution in [0, 0.1) is 12.3 Å². The summed E-state index contributed by atoms with van der Waals surface area (Å²) >= 11 is 0. The fourth-order valence-electron chi connectivity index (χ4n) is 2.83. The van der Waals surface area contributed by atoms with Crippen LogP contribution in [0.4, 0.5) is 5.69 Å². The molecule has 2 nitrogen and oxygen atoms in total. The van der Waals surface area contributed by atoms with E-state index >= 15 is 0 Å². The molecule has 2 aliphatic heterocycles. The van der Waals surface area contributed by atoms with Gasteiger partial charge in [0.2, 0.25) is 0 Å². The Morgan fingerprint density at radius 3 is 2.67 bits per heavy atom. The third-order valence-corrected chi connectivity index (χ3v) is 3.89. The highest BCUT2D eigenvalue weighted by atomic mass is 15.2. The number of aryl methyl sites for hydroxylation is 1. The predicted molar refractivity (Wildman–Crippen MR) is 63.3 cm³/mol. The van der Waals surface area contributed by atoms with E-state index in [1.165, 1.54) is 43.9 Å². The summed E-state index contributed by atoms with van der Waals surface area (Å²) in [6, 6.07) is 8.72. The first-order valence-corrected chi connectivity index (χ1v) is 5.80. The van der Waals surface area contributed by atoms with Crippen LogP contribution < -0.4 is 10.2 Å². The smallest absolute Gasteiger partial charge is 0.0396 e. The summed E-state index contributed by atoms with van der Waals surface area (Å²) in [7, 11) is 0. The highest BCUT2D eigenvalue weighted by Crippen LogP contribution is 2.37. The topological polar surface area (TPSA) is 15.3 Å². The standard InChI is InChI=1S/C13H18N2/c1-11-4-2-3-5-12(11)15-7-6-13(10-15)8-14-9-13/h2-5,14H,6-10H2,1H3. The van der Waals surface area contributed by atoms with Crippen molar-refractivity contribution in [2.75, 3.05) is 31.1 Å². The van der Waals surface area contributed by atoms with Gasteiger partial charge >= 0.3 is 0 Å². The summed E-state index contributed by atoms with van der Waals surface area (Å²) in [6.07, 6.45) is 1.36. The van der Waals surface area contributed by atoms with Crippen molar-refractivity contribution in [3.63, 3.8) is 0 Å². The van der Waals surface area contributed by atoms with Crippen LogP contribution in [0.5, 0.6) is 0 Å². The van der Waals surface area contributed by atoms with Crippen LogP contribution in [-0.4, -0.2) is 26.2 Å². The van der Waals surface area contributed by atoms with Crippen LogP contribution in [0.2, 0.25) is 0 Å². The van der Waals surface area contributed by atoms with Gasteiger partial charge in [0.1, 0.15) is 0 Å². The Hall–Kier alpha value is -1.02. The summed E-state index contributed by atoms with van der Waals surface area (Å²) in [5.74, 6) is 0. The van der Waals surface area contributed by atoms with E-state index in [1.54, 1.807) is 0 Å². The van der Waals surface area contributed by atoms with Gasteiger partial charge in [-0.25, -0.2) is 0 Å². The molecule has 2 saturated heterocycles. The highest BCUT2D eigenvalue weighted by Gasteiger charge is 2.43. The number of anilines is 1. The van der Waals surface area contributed by atoms with Crippen LogP contribution in [0.15, 0.2) is 24.3 Å². The summed E-state index contributed by atoms with van der Waals surface area (Å²) in [4.78, 5) is 2.55. The molecule has 1 aromatic rings. The number of nitrogens with zero attached hydrogens (tertiary/aromatic N) is 1. The second kappa shape index (κ2) is 3.24. The first-order valence-electron chi connectivity index (χ1n) is 5.80. The van der Waals surface area contributed by atoms with E-state index in [-0.39, 0.29) is 0 Å². The molecule has 80 valence electrons. The molecule has 0 atom stereocenters. The van der Waals surface area contributed by atoms with Crippen molar-refractivity contribution < 1.29 is 0 Å². The molecule has 15 heavy (non-hydrogen) atoms. The Labute approximate surface area is 91.3 Å². The zero-order chi connectivity index (χ0) is 10.3. The zero-order valence-electron chi connectivity index (χ0n) is 9.29. The maximum atomic E-state index is 3.40. The van der Waals surface area contributed by atoms with E-state index in [9.17, 15) is 0 Å². The van der Waals surface area contributed by atoms with Gasteiger partial charge < -0.3 is 10.2 Å². The molecule has 1 N–H and O–H groups in total. The molecule has 0 amide bonds. The maximum absolute atomic E-state index is 3.40. The lowest BCUT2D eigenvalue weighted by atomic mass is 9.81. The van der Waals surface area contributed by atoms with Crippen LogP contribution >= 0.6 is 0 Å². The number of nitrogens with one attached hydrogen (secondary N) is 1. The zero-order valence-corrected chi connectivity index (χ0v) is 9.29. The summed E-state index contributed by atoms with van der Waals surface area (Å²) < 4.78 is 0. The van der Waals surface area contributed by atoms with Crippen molar-refractivity contribution in [2.45, 2.75) is 13.3 Å². The average Bonchev–Trinajstić information content (AvgIpc) is 2.63. The SMILES string of the molecule is Cc1ccccc1N1CCC2(CNC2)C1. The third-order valence-electron chi connectivity index (χ3n) is 3.89. The van der Waals surface area contributed by atoms with E-state index < -0.39 is 0 Å². The number of para-hydroxylation sites is 1. The normalized spacial score (nSPS) is 23.1. The van der Waals surface area contributed by atoms with Gasteiger partial charge in [0.25, 0.3) is 0 Å². The van der Waals surface area contributed by atoms with Gasteiger partial charge in [0.05, 0.1) is 0 Å². The fraction of sp³-hybridized carbons (Fsp3) is 0.538. The van der Waals surface area contributed by atoms with E-state index in [0.717, 1.165) is 0 Å². The quantitative estimate of drug-likeness (QED) is 0.747. The van der Waals surface area contributed by atoms with Gasteiger partial charge in [0.15, 0.2) is 0 Å². The highest BCUT2D eigenvalue weighted by molar-refractivity contribution is 5.54. The molecular formula is C13H18N2. The lowest BCUT2D eigenvalue weighted by Crippen LogP contribution is -2.54. The molecule has 0 unspecified atom stereocenters. The first kappa shape index (κ1) is 9.22. The van der Waals surface area contributed by atoms with Crippen molar-refractivity contribution in [1.29, 1.82) is 0 Å². The number of hydrogen-bond donors (Lipinski definition) is 1. The molecule has 1 aromatic carbocycles. The summed E-state index contributed by atoms with van der Waals surface area (Å²) in [5.41, 5.74) is 3.44. The van der Waals surface area contributed by atoms with Gasteiger partial charge in [-0.1, -0.05) is 18.2 Å². The Bertz CT molecular complexity index is 369. The Morgan fingerprint density at radius 2 is 2.07 bits per heavy atom. The molecule has 2 aliphatic rings. The Balaban J connectivity index is 1.82. The van der Waals surface area contributed by atoms with Crippen molar-refractivity contribution in [2.24, 2.45) is 5.41 Å². The lowest BCUT2D eigenvalue weighted by molar-refractivity contribution is 0.200. The van der Waals surface area contributed by atoms with Gasteiger partial charge in [-0.05, 0) is 25.0 Å². The van der Waals surface area contributed by atoms with E-state index in [4.69, 9.17) is 0 Å². The van der Waals surface area contributed by atoms with E-state index in [2.05, 4.69) is 41.4 Å². The minimum atomic E-state index is 0.599. The summed E-state index contributed by atoms with van der Waals surface area (Å²) in [6.45, 7) is 7.11. The average molecular weight is 202 g/mol. The molecule has 0 aliphatic carbocycles. The van der Waals surface area contributed by atoms with Gasteiger partial charge in [-0.3, -0.25) is 0 Å². The predicted octanol–water partition coefficient (Wildman–Crippen LogP) is 1.79. The molecule has 3 rings (SSSR count). The minimum absolute atomic E-state index is 0.599. The molecule has 2 heteroatoms. The molecule has 0 bridgehead atoms. The maximum Gasteiger partial charge on any atom is 0.0396 e. The largest absolute Gasteiger partial charge is 0.371 e. The Kier molecular flexibility index (Phi) is 1.99. The molecule has 0 radical (unpaired) electrons. The molecule has 0 aromatic heterocycles. The number of hydrogen-bond acceptors (Lipinski definition) is 2. The van der Waals surface area contributed by atoms with Crippen molar-refractivity contribution in [3.8, 4) is 0 Å². The van der Waals surface area contributed by atoms with E-state index in [0.29, 0.717) is 5.41 Å². The van der Waals surface area contributed by atoms with Crippen LogP contribution in [0.3, 0.4) is 0 Å².